The molecule has 0 amide bonds. The molecule has 0 N–H and O–H groups in total. The van der Waals surface area contributed by atoms with E-state index in [-0.39, 0.29) is 17.8 Å². The first-order valence-corrected chi connectivity index (χ1v) is 7.03. The average Bonchev–Trinajstić information content (AvgIpc) is 2.67. The Kier molecular flexibility index (Phi) is 2.91. The van der Waals surface area contributed by atoms with Gasteiger partial charge in [-0.25, -0.2) is 4.79 Å². The van der Waals surface area contributed by atoms with Crippen molar-refractivity contribution in [2.45, 2.75) is 39.2 Å². The van der Waals surface area contributed by atoms with Gasteiger partial charge >= 0.3 is 11.9 Å². The molecule has 4 aliphatic rings. The van der Waals surface area contributed by atoms with E-state index in [4.69, 9.17) is 9.47 Å². The van der Waals surface area contributed by atoms with Crippen LogP contribution in [0.3, 0.4) is 0 Å². The molecule has 2 bridgehead atoms. The Hall–Kier alpha value is -1.32. The lowest BCUT2D eigenvalue weighted by Crippen LogP contribution is -2.40. The molecule has 19 heavy (non-hydrogen) atoms. The lowest BCUT2D eigenvalue weighted by molar-refractivity contribution is -0.168. The Morgan fingerprint density at radius 3 is 2.63 bits per heavy atom. The molecular weight excluding hydrogens is 244 g/mol. The molecule has 0 aromatic carbocycles. The highest BCUT2D eigenvalue weighted by Gasteiger charge is 2.48. The highest BCUT2D eigenvalue weighted by molar-refractivity contribution is 5.83. The summed E-state index contributed by atoms with van der Waals surface area (Å²) in [5, 5.41) is 0. The summed E-state index contributed by atoms with van der Waals surface area (Å²) in [4.78, 5) is 24.0. The van der Waals surface area contributed by atoms with Crippen LogP contribution in [0.15, 0.2) is 12.2 Å². The maximum Gasteiger partial charge on any atom is 0.348 e. The highest BCUT2D eigenvalue weighted by atomic mass is 16.6. The van der Waals surface area contributed by atoms with Gasteiger partial charge in [0, 0.05) is 5.41 Å². The van der Waals surface area contributed by atoms with Gasteiger partial charge in [-0.15, -0.1) is 0 Å². The standard InChI is InChI=1S/C15H20O4/c1-15(2)8-18-14(17)12(15)19-13(16)11-7-9-3-5-10(11)6-4-9/h3,5,9-12H,4,6-8H2,1-2H3/t9-,10+,11-,12+/m0/s1. The monoisotopic (exact) mass is 264 g/mol. The van der Waals surface area contributed by atoms with E-state index in [9.17, 15) is 9.59 Å². The number of rotatable bonds is 2. The zero-order valence-electron chi connectivity index (χ0n) is 11.4. The summed E-state index contributed by atoms with van der Waals surface area (Å²) in [6.07, 6.45) is 6.70. The summed E-state index contributed by atoms with van der Waals surface area (Å²) in [7, 11) is 0. The minimum atomic E-state index is -0.746. The molecule has 4 heteroatoms. The third-order valence-electron chi connectivity index (χ3n) is 4.62. The molecular formula is C15H20O4. The van der Waals surface area contributed by atoms with Crippen molar-refractivity contribution in [3.05, 3.63) is 12.2 Å². The minimum absolute atomic E-state index is 0.0760. The molecule has 4 nitrogen and oxygen atoms in total. The molecule has 2 fully saturated rings. The number of fused-ring (bicyclic) bond motifs is 2. The lowest BCUT2D eigenvalue weighted by atomic mass is 9.69. The highest BCUT2D eigenvalue weighted by Crippen LogP contribution is 2.42. The minimum Gasteiger partial charge on any atom is -0.462 e. The Bertz CT molecular complexity index is 437. The van der Waals surface area contributed by atoms with Gasteiger partial charge < -0.3 is 9.47 Å². The number of carbonyl (C=O) groups excluding carboxylic acids is 2. The smallest absolute Gasteiger partial charge is 0.348 e. The van der Waals surface area contributed by atoms with Crippen LogP contribution in [0, 0.1) is 23.2 Å². The molecule has 1 aliphatic heterocycles. The van der Waals surface area contributed by atoms with Crippen LogP contribution in [-0.4, -0.2) is 24.6 Å². The van der Waals surface area contributed by atoms with E-state index < -0.39 is 17.5 Å². The molecule has 0 aromatic heterocycles. The number of carbonyl (C=O) groups is 2. The summed E-state index contributed by atoms with van der Waals surface area (Å²) in [5.74, 6) is 0.0860. The van der Waals surface area contributed by atoms with E-state index in [2.05, 4.69) is 12.2 Å². The van der Waals surface area contributed by atoms with Gasteiger partial charge in [-0.2, -0.15) is 0 Å². The van der Waals surface area contributed by atoms with Gasteiger partial charge in [-0.1, -0.05) is 26.0 Å². The molecule has 1 saturated carbocycles. The molecule has 1 heterocycles. The Balaban J connectivity index is 1.69. The van der Waals surface area contributed by atoms with Crippen molar-refractivity contribution < 1.29 is 19.1 Å². The first-order valence-electron chi connectivity index (χ1n) is 7.03. The van der Waals surface area contributed by atoms with E-state index in [0.29, 0.717) is 12.5 Å². The zero-order chi connectivity index (χ0) is 13.6. The van der Waals surface area contributed by atoms with Crippen LogP contribution in [0.5, 0.6) is 0 Å². The van der Waals surface area contributed by atoms with Crippen LogP contribution in [0.1, 0.15) is 33.1 Å². The molecule has 0 unspecified atom stereocenters. The number of hydrogen-bond acceptors (Lipinski definition) is 4. The fourth-order valence-corrected chi connectivity index (χ4v) is 3.34. The van der Waals surface area contributed by atoms with E-state index in [1.807, 2.05) is 13.8 Å². The van der Waals surface area contributed by atoms with Crippen LogP contribution in [-0.2, 0) is 19.1 Å². The fourth-order valence-electron chi connectivity index (χ4n) is 3.34. The zero-order valence-corrected chi connectivity index (χ0v) is 11.4. The van der Waals surface area contributed by atoms with Gasteiger partial charge in [0.05, 0.1) is 5.92 Å². The summed E-state index contributed by atoms with van der Waals surface area (Å²) >= 11 is 0. The SMILES string of the molecule is CC1(C)COC(=O)[C@H]1OC(=O)[C@H]1C[C@H]2C=C[C@@H]1CC2. The largest absolute Gasteiger partial charge is 0.462 e. The topological polar surface area (TPSA) is 52.6 Å². The quantitative estimate of drug-likeness (QED) is 0.566. The Morgan fingerprint density at radius 1 is 1.37 bits per heavy atom. The van der Waals surface area contributed by atoms with Crippen LogP contribution in [0.25, 0.3) is 0 Å². The van der Waals surface area contributed by atoms with Crippen LogP contribution < -0.4 is 0 Å². The van der Waals surface area contributed by atoms with Crippen LogP contribution >= 0.6 is 0 Å². The van der Waals surface area contributed by atoms with Crippen molar-refractivity contribution in [3.63, 3.8) is 0 Å². The summed E-state index contributed by atoms with van der Waals surface area (Å²) in [5.41, 5.74) is -0.420. The van der Waals surface area contributed by atoms with Gasteiger partial charge in [0.15, 0.2) is 0 Å². The second-order valence-electron chi connectivity index (χ2n) is 6.64. The van der Waals surface area contributed by atoms with Crippen LogP contribution in [0.2, 0.25) is 0 Å². The Morgan fingerprint density at radius 2 is 2.16 bits per heavy atom. The second kappa shape index (κ2) is 4.36. The normalized spacial score (nSPS) is 39.2. The van der Waals surface area contributed by atoms with Crippen molar-refractivity contribution in [3.8, 4) is 0 Å². The van der Waals surface area contributed by atoms with E-state index >= 15 is 0 Å². The van der Waals surface area contributed by atoms with Gasteiger partial charge in [0.2, 0.25) is 6.10 Å². The second-order valence-corrected chi connectivity index (χ2v) is 6.64. The van der Waals surface area contributed by atoms with Gasteiger partial charge in [0.25, 0.3) is 0 Å². The molecule has 4 rings (SSSR count). The molecule has 104 valence electrons. The van der Waals surface area contributed by atoms with Crippen molar-refractivity contribution in [1.29, 1.82) is 0 Å². The number of esters is 2. The maximum absolute atomic E-state index is 12.3. The number of hydrogen-bond donors (Lipinski definition) is 0. The molecule has 3 aliphatic carbocycles. The van der Waals surface area contributed by atoms with Gasteiger partial charge in [-0.05, 0) is 31.1 Å². The summed E-state index contributed by atoms with van der Waals surface area (Å²) < 4.78 is 10.5. The van der Waals surface area contributed by atoms with Crippen LogP contribution in [0.4, 0.5) is 0 Å². The molecule has 1 saturated heterocycles. The first-order chi connectivity index (χ1) is 8.97. The van der Waals surface area contributed by atoms with Gasteiger partial charge in [-0.3, -0.25) is 4.79 Å². The number of allylic oxidation sites excluding steroid dienone is 2. The Labute approximate surface area is 113 Å². The molecule has 0 radical (unpaired) electrons. The predicted molar refractivity (Wildman–Crippen MR) is 68.1 cm³/mol. The lowest BCUT2D eigenvalue weighted by Gasteiger charge is -2.37. The number of cyclic esters (lactones) is 1. The third kappa shape index (κ3) is 2.17. The summed E-state index contributed by atoms with van der Waals surface area (Å²) in [6.45, 7) is 4.10. The number of ether oxygens (including phenoxy) is 2. The predicted octanol–water partition coefficient (Wildman–Crippen LogP) is 2.08. The van der Waals surface area contributed by atoms with E-state index in [1.165, 1.54) is 6.42 Å². The third-order valence-corrected chi connectivity index (χ3v) is 4.62. The summed E-state index contributed by atoms with van der Waals surface area (Å²) in [6, 6.07) is 0. The molecule has 4 atom stereocenters. The molecule has 0 spiro atoms. The van der Waals surface area contributed by atoms with E-state index in [0.717, 1.165) is 12.8 Å². The van der Waals surface area contributed by atoms with Crippen molar-refractivity contribution >= 4 is 11.9 Å². The van der Waals surface area contributed by atoms with Crippen molar-refractivity contribution in [1.82, 2.24) is 0 Å². The maximum atomic E-state index is 12.3. The van der Waals surface area contributed by atoms with Gasteiger partial charge in [0.1, 0.15) is 6.61 Å². The fraction of sp³-hybridized carbons (Fsp3) is 0.733. The average molecular weight is 264 g/mol. The van der Waals surface area contributed by atoms with Crippen molar-refractivity contribution in [2.75, 3.05) is 6.61 Å². The van der Waals surface area contributed by atoms with Crippen molar-refractivity contribution in [2.24, 2.45) is 23.2 Å². The molecule has 0 aromatic rings. The van der Waals surface area contributed by atoms with E-state index in [1.54, 1.807) is 0 Å². The first kappa shape index (κ1) is 12.7.